The topological polar surface area (TPSA) is 102 Å². The van der Waals surface area contributed by atoms with Crippen molar-refractivity contribution in [1.82, 2.24) is 20.0 Å². The Labute approximate surface area is 202 Å². The van der Waals surface area contributed by atoms with Crippen LogP contribution in [0.25, 0.3) is 33.7 Å². The summed E-state index contributed by atoms with van der Waals surface area (Å²) in [5, 5.41) is 17.8. The number of aryl methyl sites for hydroxylation is 1. The molecule has 4 rings (SSSR count). The molecule has 0 bridgehead atoms. The molecule has 2 N–H and O–H groups in total. The second-order valence-electron chi connectivity index (χ2n) is 8.47. The first-order valence-electron chi connectivity index (χ1n) is 11.1. The molecule has 0 saturated carbocycles. The molecule has 1 atom stereocenters. The predicted molar refractivity (Wildman–Crippen MR) is 131 cm³/mol. The number of hydrogen-bond acceptors (Lipinski definition) is 6. The molecule has 2 aromatic heterocycles. The summed E-state index contributed by atoms with van der Waals surface area (Å²) in [5.74, 6) is 0.584. The molecular formula is C25H27ClN4O4. The second kappa shape index (κ2) is 9.87. The minimum atomic E-state index is -0.864. The summed E-state index contributed by atoms with van der Waals surface area (Å²) < 4.78 is 13.3. The lowest BCUT2D eigenvalue weighted by atomic mass is 10.1. The van der Waals surface area contributed by atoms with Crippen LogP contribution in [-0.2, 0) is 18.3 Å². The van der Waals surface area contributed by atoms with E-state index in [9.17, 15) is 4.79 Å². The maximum atomic E-state index is 11.0. The van der Waals surface area contributed by atoms with Gasteiger partial charge in [0, 0.05) is 36.3 Å². The molecule has 0 aliphatic rings. The molecule has 0 radical (unpaired) electrons. The molecular weight excluding hydrogens is 456 g/mol. The molecule has 0 aliphatic heterocycles. The number of carboxylic acids is 1. The van der Waals surface area contributed by atoms with Crippen molar-refractivity contribution < 1.29 is 19.2 Å². The summed E-state index contributed by atoms with van der Waals surface area (Å²) in [5.41, 5.74) is 3.65. The van der Waals surface area contributed by atoms with Crippen LogP contribution in [0.1, 0.15) is 26.3 Å². The van der Waals surface area contributed by atoms with Crippen LogP contribution >= 0.6 is 11.6 Å². The van der Waals surface area contributed by atoms with Gasteiger partial charge in [0.25, 0.3) is 5.89 Å². The molecule has 0 fully saturated rings. The maximum absolute atomic E-state index is 11.0. The van der Waals surface area contributed by atoms with E-state index in [1.807, 2.05) is 49.7 Å². The van der Waals surface area contributed by atoms with Crippen LogP contribution in [0.4, 0.5) is 0 Å². The van der Waals surface area contributed by atoms with E-state index in [1.165, 1.54) is 0 Å². The minimum Gasteiger partial charge on any atom is -0.489 e. The van der Waals surface area contributed by atoms with Gasteiger partial charge in [0.05, 0.1) is 16.6 Å². The molecule has 0 aliphatic carbocycles. The van der Waals surface area contributed by atoms with Crippen LogP contribution in [0.3, 0.4) is 0 Å². The molecule has 0 amide bonds. The third-order valence-electron chi connectivity index (χ3n) is 5.51. The van der Waals surface area contributed by atoms with Gasteiger partial charge in [-0.2, -0.15) is 4.98 Å². The molecule has 2 heterocycles. The number of para-hydroxylation sites is 1. The number of fused-ring (bicyclic) bond motifs is 1. The smallest absolute Gasteiger partial charge is 0.320 e. The third kappa shape index (κ3) is 4.93. The van der Waals surface area contributed by atoms with Gasteiger partial charge in [-0.15, -0.1) is 0 Å². The maximum Gasteiger partial charge on any atom is 0.320 e. The Bertz CT molecular complexity index is 1330. The van der Waals surface area contributed by atoms with Crippen molar-refractivity contribution in [2.24, 2.45) is 7.05 Å². The van der Waals surface area contributed by atoms with E-state index in [0.717, 1.165) is 22.0 Å². The Morgan fingerprint density at radius 1 is 1.26 bits per heavy atom. The highest BCUT2D eigenvalue weighted by atomic mass is 35.5. The third-order valence-corrected chi connectivity index (χ3v) is 5.80. The lowest BCUT2D eigenvalue weighted by Crippen LogP contribution is -2.34. The Balaban J connectivity index is 1.61. The fraction of sp³-hybridized carbons (Fsp3) is 0.320. The highest BCUT2D eigenvalue weighted by molar-refractivity contribution is 6.32. The summed E-state index contributed by atoms with van der Waals surface area (Å²) >= 11 is 6.37. The standard InChI is InChI=1S/C25H27ClN4O4/c1-14(2)33-21-9-8-16(12-20(21)26)24-28-23(29-34-24)19-7-5-6-18-17(13-30(4)22(18)19)10-11-27-15(3)25(31)32/h5-9,12-15,27H,10-11H2,1-4H3,(H,31,32). The van der Waals surface area contributed by atoms with Gasteiger partial charge in [-0.3, -0.25) is 4.79 Å². The lowest BCUT2D eigenvalue weighted by Gasteiger charge is -2.11. The summed E-state index contributed by atoms with van der Waals surface area (Å²) in [4.78, 5) is 15.7. The summed E-state index contributed by atoms with van der Waals surface area (Å²) in [6.07, 6.45) is 2.76. The van der Waals surface area contributed by atoms with Crippen molar-refractivity contribution >= 4 is 28.5 Å². The first-order valence-corrected chi connectivity index (χ1v) is 11.5. The summed E-state index contributed by atoms with van der Waals surface area (Å²) in [6, 6.07) is 10.8. The minimum absolute atomic E-state index is 0.0189. The van der Waals surface area contributed by atoms with Gasteiger partial charge in [0.1, 0.15) is 11.8 Å². The Kier molecular flexibility index (Phi) is 6.90. The van der Waals surface area contributed by atoms with Gasteiger partial charge < -0.3 is 24.3 Å². The van der Waals surface area contributed by atoms with E-state index in [2.05, 4.69) is 21.7 Å². The van der Waals surface area contributed by atoms with Crippen LogP contribution in [-0.4, -0.2) is 44.5 Å². The number of carbonyl (C=O) groups is 1. The number of rotatable bonds is 9. The molecule has 1 unspecified atom stereocenters. The number of halogens is 1. The molecule has 9 heteroatoms. The monoisotopic (exact) mass is 482 g/mol. The van der Waals surface area contributed by atoms with Crippen molar-refractivity contribution in [3.8, 4) is 28.6 Å². The van der Waals surface area contributed by atoms with E-state index >= 15 is 0 Å². The van der Waals surface area contributed by atoms with E-state index in [-0.39, 0.29) is 6.10 Å². The van der Waals surface area contributed by atoms with Crippen LogP contribution in [0.2, 0.25) is 5.02 Å². The first-order chi connectivity index (χ1) is 16.2. The zero-order chi connectivity index (χ0) is 24.4. The molecule has 2 aromatic carbocycles. The van der Waals surface area contributed by atoms with E-state index in [0.29, 0.717) is 41.0 Å². The Hall–Kier alpha value is -3.36. The molecule has 0 saturated heterocycles. The quantitative estimate of drug-likeness (QED) is 0.348. The van der Waals surface area contributed by atoms with Crippen molar-refractivity contribution in [3.05, 3.63) is 53.2 Å². The normalized spacial score (nSPS) is 12.4. The number of aromatic nitrogens is 3. The van der Waals surface area contributed by atoms with Crippen molar-refractivity contribution in [2.45, 2.75) is 39.3 Å². The van der Waals surface area contributed by atoms with Crippen molar-refractivity contribution in [1.29, 1.82) is 0 Å². The van der Waals surface area contributed by atoms with Gasteiger partial charge in [-0.05, 0) is 57.0 Å². The summed E-state index contributed by atoms with van der Waals surface area (Å²) in [6.45, 7) is 6.07. The number of benzene rings is 2. The number of carboxylic acid groups (broad SMARTS) is 1. The second-order valence-corrected chi connectivity index (χ2v) is 8.87. The van der Waals surface area contributed by atoms with Crippen LogP contribution < -0.4 is 10.1 Å². The highest BCUT2D eigenvalue weighted by Crippen LogP contribution is 2.33. The molecule has 8 nitrogen and oxygen atoms in total. The van der Waals surface area contributed by atoms with Gasteiger partial charge in [0.15, 0.2) is 0 Å². The fourth-order valence-electron chi connectivity index (χ4n) is 3.87. The average molecular weight is 483 g/mol. The molecule has 4 aromatic rings. The number of ether oxygens (including phenoxy) is 1. The van der Waals surface area contributed by atoms with Gasteiger partial charge >= 0.3 is 5.97 Å². The average Bonchev–Trinajstić information content (AvgIpc) is 3.40. The first kappa shape index (κ1) is 23.8. The zero-order valence-electron chi connectivity index (χ0n) is 19.5. The van der Waals surface area contributed by atoms with E-state index < -0.39 is 12.0 Å². The zero-order valence-corrected chi connectivity index (χ0v) is 20.3. The van der Waals surface area contributed by atoms with Crippen LogP contribution in [0.5, 0.6) is 5.75 Å². The number of hydrogen-bond donors (Lipinski definition) is 2. The molecule has 0 spiro atoms. The number of nitrogens with one attached hydrogen (secondary N) is 1. The van der Waals surface area contributed by atoms with Crippen molar-refractivity contribution in [3.63, 3.8) is 0 Å². The predicted octanol–water partition coefficient (Wildman–Crippen LogP) is 4.94. The Morgan fingerprint density at radius 3 is 2.76 bits per heavy atom. The van der Waals surface area contributed by atoms with Crippen molar-refractivity contribution in [2.75, 3.05) is 6.54 Å². The van der Waals surface area contributed by atoms with Crippen LogP contribution in [0, 0.1) is 0 Å². The summed E-state index contributed by atoms with van der Waals surface area (Å²) in [7, 11) is 1.97. The lowest BCUT2D eigenvalue weighted by molar-refractivity contribution is -0.138. The largest absolute Gasteiger partial charge is 0.489 e. The van der Waals surface area contributed by atoms with E-state index in [4.69, 9.17) is 26.0 Å². The van der Waals surface area contributed by atoms with E-state index in [1.54, 1.807) is 19.1 Å². The van der Waals surface area contributed by atoms with Gasteiger partial charge in [0.2, 0.25) is 5.82 Å². The SMILES string of the molecule is CC(C)Oc1ccc(-c2nc(-c3cccc4c(CCNC(C)C(=O)O)cn(C)c34)no2)cc1Cl. The van der Waals surface area contributed by atoms with Gasteiger partial charge in [-0.1, -0.05) is 28.9 Å². The number of aliphatic carboxylic acids is 1. The van der Waals surface area contributed by atoms with Gasteiger partial charge in [-0.25, -0.2) is 0 Å². The highest BCUT2D eigenvalue weighted by Gasteiger charge is 2.18. The molecule has 178 valence electrons. The fourth-order valence-corrected chi connectivity index (χ4v) is 4.10. The number of nitrogens with zero attached hydrogens (tertiary/aromatic N) is 3. The molecule has 34 heavy (non-hydrogen) atoms. The Morgan fingerprint density at radius 2 is 2.06 bits per heavy atom. The van der Waals surface area contributed by atoms with Crippen LogP contribution in [0.15, 0.2) is 47.1 Å².